The Morgan fingerprint density at radius 3 is 2.46 bits per heavy atom. The molecule has 1 aliphatic carbocycles. The molecule has 0 radical (unpaired) electrons. The van der Waals surface area contributed by atoms with Crippen LogP contribution in [0.3, 0.4) is 0 Å². The molecule has 3 aromatic rings. The fraction of sp³-hybridized carbons (Fsp3) is 0.444. The van der Waals surface area contributed by atoms with Crippen molar-refractivity contribution in [3.05, 3.63) is 47.9 Å². The molecule has 3 fully saturated rings. The Morgan fingerprint density at radius 1 is 1.02 bits per heavy atom. The van der Waals surface area contributed by atoms with Gasteiger partial charge in [-0.25, -0.2) is 19.9 Å². The Morgan fingerprint density at radius 2 is 1.76 bits per heavy atom. The van der Waals surface area contributed by atoms with Gasteiger partial charge in [-0.3, -0.25) is 4.79 Å². The molecule has 41 heavy (non-hydrogen) atoms. The summed E-state index contributed by atoms with van der Waals surface area (Å²) in [6.07, 6.45) is 0.0433. The zero-order chi connectivity index (χ0) is 28.7. The third kappa shape index (κ3) is 5.36. The van der Waals surface area contributed by atoms with E-state index < -0.39 is 23.3 Å². The van der Waals surface area contributed by atoms with Crippen LogP contribution in [0, 0.1) is 11.8 Å². The number of carbonyl (C=O) groups is 1. The number of rotatable bonds is 5. The molecule has 3 atom stereocenters. The van der Waals surface area contributed by atoms with Crippen molar-refractivity contribution in [3.8, 4) is 11.4 Å². The van der Waals surface area contributed by atoms with Gasteiger partial charge in [0.25, 0.3) is 5.91 Å². The molecule has 3 aliphatic rings. The molecule has 0 aromatic carbocycles. The zero-order valence-electron chi connectivity index (χ0n) is 22.1. The lowest BCUT2D eigenvalue weighted by molar-refractivity contribution is -0.137. The minimum atomic E-state index is -4.71. The second kappa shape index (κ2) is 10.7. The highest BCUT2D eigenvalue weighted by Crippen LogP contribution is 2.39. The van der Waals surface area contributed by atoms with Crippen LogP contribution in [0.25, 0.3) is 11.4 Å². The summed E-state index contributed by atoms with van der Waals surface area (Å²) < 4.78 is 47.3. The van der Waals surface area contributed by atoms with E-state index in [0.717, 1.165) is 43.9 Å². The highest BCUT2D eigenvalue weighted by Gasteiger charge is 2.40. The predicted octanol–water partition coefficient (Wildman–Crippen LogP) is 2.80. The van der Waals surface area contributed by atoms with E-state index in [1.807, 2.05) is 11.0 Å². The number of nitrogens with one attached hydrogen (secondary N) is 1. The van der Waals surface area contributed by atoms with Gasteiger partial charge < -0.3 is 31.3 Å². The molecule has 0 spiro atoms. The average molecular weight is 570 g/mol. The maximum atomic E-state index is 14.0. The molecule has 2 bridgehead atoms. The maximum Gasteiger partial charge on any atom is 0.418 e. The van der Waals surface area contributed by atoms with Crippen LogP contribution in [0.15, 0.2) is 36.7 Å². The number of nitrogens with zero attached hydrogens (tertiary/aromatic N) is 6. The molecule has 2 aliphatic heterocycles. The van der Waals surface area contributed by atoms with Gasteiger partial charge in [-0.05, 0) is 48.9 Å². The predicted molar refractivity (Wildman–Crippen MR) is 146 cm³/mol. The third-order valence-corrected chi connectivity index (χ3v) is 8.05. The van der Waals surface area contributed by atoms with Gasteiger partial charge in [0.05, 0.1) is 30.7 Å². The van der Waals surface area contributed by atoms with E-state index >= 15 is 0 Å². The first-order valence-corrected chi connectivity index (χ1v) is 13.5. The van der Waals surface area contributed by atoms with Gasteiger partial charge in [-0.15, -0.1) is 0 Å². The number of alkyl halides is 3. The molecular weight excluding hydrogens is 539 g/mol. The molecule has 2 unspecified atom stereocenters. The van der Waals surface area contributed by atoms with E-state index in [-0.39, 0.29) is 23.2 Å². The first-order chi connectivity index (χ1) is 19.7. The summed E-state index contributed by atoms with van der Waals surface area (Å²) in [6.45, 7) is 3.33. The van der Waals surface area contributed by atoms with Gasteiger partial charge in [0, 0.05) is 38.4 Å². The normalized spacial score (nSPS) is 22.6. The number of hydrogen-bond acceptors (Lipinski definition) is 10. The molecule has 5 N–H and O–H groups in total. The molecule has 14 heteroatoms. The van der Waals surface area contributed by atoms with Crippen molar-refractivity contribution in [1.29, 1.82) is 0 Å². The minimum Gasteiger partial charge on any atom is -0.382 e. The Labute approximate surface area is 234 Å². The number of fused-ring (bicyclic) bond motifs is 2. The second-order valence-electron chi connectivity index (χ2n) is 10.6. The molecule has 216 valence electrons. The van der Waals surface area contributed by atoms with Crippen LogP contribution in [-0.2, 0) is 10.9 Å². The van der Waals surface area contributed by atoms with E-state index in [1.54, 1.807) is 12.3 Å². The summed E-state index contributed by atoms with van der Waals surface area (Å²) in [5.74, 6) is 0.380. The number of halogens is 3. The number of nitrogens with two attached hydrogens (primary N) is 2. The van der Waals surface area contributed by atoms with Crippen LogP contribution in [-0.4, -0.2) is 71.3 Å². The van der Waals surface area contributed by atoms with E-state index in [9.17, 15) is 18.0 Å². The highest BCUT2D eigenvalue weighted by molar-refractivity contribution is 6.06. The van der Waals surface area contributed by atoms with Crippen molar-refractivity contribution >= 4 is 29.0 Å². The lowest BCUT2D eigenvalue weighted by Crippen LogP contribution is -2.49. The Balaban J connectivity index is 1.31. The fourth-order valence-electron chi connectivity index (χ4n) is 5.90. The van der Waals surface area contributed by atoms with Gasteiger partial charge in [0.1, 0.15) is 17.2 Å². The van der Waals surface area contributed by atoms with Gasteiger partial charge in [0.2, 0.25) is 0 Å². The number of amides is 1. The van der Waals surface area contributed by atoms with E-state index in [0.29, 0.717) is 49.8 Å². The number of hydrogen-bond donors (Lipinski definition) is 3. The molecule has 3 aromatic heterocycles. The number of ether oxygens (including phenoxy) is 1. The zero-order valence-corrected chi connectivity index (χ0v) is 22.1. The van der Waals surface area contributed by atoms with Gasteiger partial charge in [-0.2, -0.15) is 13.2 Å². The topological polar surface area (TPSA) is 148 Å². The monoisotopic (exact) mass is 569 g/mol. The number of carbonyl (C=O) groups excluding carboxylic acids is 1. The number of aromatic nitrogens is 4. The number of piperidine rings is 1. The Kier molecular flexibility index (Phi) is 7.11. The van der Waals surface area contributed by atoms with E-state index in [2.05, 4.69) is 30.2 Å². The standard InChI is InChI=1S/C27H30F3N9O2/c28-27(29,30)17-5-6-20(38-8-10-41-11-9-38)36-22(17)18-12-34-24(32)23(35-18)26(40)37-25-19(2-1-7-33-25)39-13-15-3-4-16(14-39)21(15)31/h1-2,5-7,12,15-16,21H,3-4,8-11,13-14,31H2,(H2,32,34)(H,33,37,40)/t15-,16?,21?/m0/s1. The third-order valence-electron chi connectivity index (χ3n) is 8.05. The molecule has 2 saturated heterocycles. The molecular formula is C27H30F3N9O2. The van der Waals surface area contributed by atoms with Gasteiger partial charge >= 0.3 is 6.18 Å². The molecule has 5 heterocycles. The van der Waals surface area contributed by atoms with Crippen molar-refractivity contribution in [2.75, 3.05) is 60.2 Å². The van der Waals surface area contributed by atoms with Crippen LogP contribution >= 0.6 is 0 Å². The lowest BCUT2D eigenvalue weighted by Gasteiger charge is -2.38. The maximum absolute atomic E-state index is 14.0. The average Bonchev–Trinajstić information content (AvgIpc) is 3.16. The SMILES string of the molecule is Nc1ncc(-c2nc(N3CCOCC3)ccc2C(F)(F)F)nc1C(=O)Nc1ncccc1N1CC2CC[C@@H](C1)C2N. The first-order valence-electron chi connectivity index (χ1n) is 13.5. The van der Waals surface area contributed by atoms with Crippen LogP contribution in [0.2, 0.25) is 0 Å². The summed E-state index contributed by atoms with van der Waals surface area (Å²) in [5, 5.41) is 2.74. The fourth-order valence-corrected chi connectivity index (χ4v) is 5.90. The smallest absolute Gasteiger partial charge is 0.382 e. The molecule has 11 nitrogen and oxygen atoms in total. The number of anilines is 4. The second-order valence-corrected chi connectivity index (χ2v) is 10.6. The van der Waals surface area contributed by atoms with E-state index in [4.69, 9.17) is 16.2 Å². The van der Waals surface area contributed by atoms with Crippen molar-refractivity contribution in [2.45, 2.75) is 25.1 Å². The lowest BCUT2D eigenvalue weighted by atomic mass is 9.93. The van der Waals surface area contributed by atoms with Crippen LogP contribution in [0.1, 0.15) is 28.9 Å². The van der Waals surface area contributed by atoms with Crippen LogP contribution < -0.4 is 26.6 Å². The summed E-state index contributed by atoms with van der Waals surface area (Å²) >= 11 is 0. The van der Waals surface area contributed by atoms with Crippen LogP contribution in [0.4, 0.5) is 36.3 Å². The Hall–Kier alpha value is -4.04. The van der Waals surface area contributed by atoms with Crippen molar-refractivity contribution in [1.82, 2.24) is 19.9 Å². The number of morpholine rings is 1. The van der Waals surface area contributed by atoms with Crippen molar-refractivity contribution in [3.63, 3.8) is 0 Å². The largest absolute Gasteiger partial charge is 0.418 e. The van der Waals surface area contributed by atoms with Crippen LogP contribution in [0.5, 0.6) is 0 Å². The van der Waals surface area contributed by atoms with Gasteiger partial charge in [0.15, 0.2) is 17.3 Å². The summed E-state index contributed by atoms with van der Waals surface area (Å²) in [6, 6.07) is 6.08. The Bertz CT molecular complexity index is 1430. The quantitative estimate of drug-likeness (QED) is 0.419. The molecule has 6 rings (SSSR count). The van der Waals surface area contributed by atoms with Crippen molar-refractivity contribution in [2.24, 2.45) is 17.6 Å². The summed E-state index contributed by atoms with van der Waals surface area (Å²) in [5.41, 5.74) is 11.1. The molecule has 1 amide bonds. The number of pyridine rings is 2. The first kappa shape index (κ1) is 27.1. The number of nitrogen functional groups attached to an aromatic ring is 1. The summed E-state index contributed by atoms with van der Waals surface area (Å²) in [4.78, 5) is 34.3. The van der Waals surface area contributed by atoms with E-state index in [1.165, 1.54) is 6.07 Å². The van der Waals surface area contributed by atoms with Crippen molar-refractivity contribution < 1.29 is 22.7 Å². The summed E-state index contributed by atoms with van der Waals surface area (Å²) in [7, 11) is 0. The highest BCUT2D eigenvalue weighted by atomic mass is 19.4. The minimum absolute atomic E-state index is 0.163. The molecule has 1 saturated carbocycles. The van der Waals surface area contributed by atoms with Gasteiger partial charge in [-0.1, -0.05) is 0 Å².